The van der Waals surface area contributed by atoms with Gasteiger partial charge in [0, 0.05) is 0 Å². The van der Waals surface area contributed by atoms with Gasteiger partial charge in [-0.05, 0) is 31.6 Å². The van der Waals surface area contributed by atoms with Crippen LogP contribution in [0, 0.1) is 5.92 Å². The first-order valence-corrected chi connectivity index (χ1v) is 5.39. The minimum Gasteiger partial charge on any atom is -0.390 e. The van der Waals surface area contributed by atoms with Gasteiger partial charge >= 0.3 is 0 Å². The summed E-state index contributed by atoms with van der Waals surface area (Å²) in [5.74, 6) is 0.747. The third-order valence-electron chi connectivity index (χ3n) is 3.08. The Morgan fingerprint density at radius 3 is 2.67 bits per heavy atom. The summed E-state index contributed by atoms with van der Waals surface area (Å²) < 4.78 is 0. The first kappa shape index (κ1) is 10.0. The van der Waals surface area contributed by atoms with Crippen molar-refractivity contribution in [1.82, 2.24) is 0 Å². The SMILES string of the molecule is CCCCCC1(O)CCC(C)C1. The quantitative estimate of drug-likeness (QED) is 0.643. The molecule has 72 valence electrons. The molecule has 1 fully saturated rings. The summed E-state index contributed by atoms with van der Waals surface area (Å²) in [6.45, 7) is 4.46. The maximum absolute atomic E-state index is 10.1. The fourth-order valence-electron chi connectivity index (χ4n) is 2.30. The highest BCUT2D eigenvalue weighted by molar-refractivity contribution is 4.87. The first-order chi connectivity index (χ1) is 5.66. The molecule has 0 amide bonds. The predicted molar refractivity (Wildman–Crippen MR) is 52.1 cm³/mol. The monoisotopic (exact) mass is 170 g/mol. The Balaban J connectivity index is 2.21. The molecular formula is C11H22O. The summed E-state index contributed by atoms with van der Waals surface area (Å²) in [6.07, 6.45) is 8.07. The number of hydrogen-bond donors (Lipinski definition) is 1. The van der Waals surface area contributed by atoms with Gasteiger partial charge in [0.2, 0.25) is 0 Å². The van der Waals surface area contributed by atoms with Gasteiger partial charge in [-0.15, -0.1) is 0 Å². The van der Waals surface area contributed by atoms with E-state index in [1.807, 2.05) is 0 Å². The van der Waals surface area contributed by atoms with E-state index >= 15 is 0 Å². The summed E-state index contributed by atoms with van der Waals surface area (Å²) in [5, 5.41) is 10.1. The maximum atomic E-state index is 10.1. The molecule has 0 aromatic carbocycles. The molecule has 1 nitrogen and oxygen atoms in total. The van der Waals surface area contributed by atoms with Crippen LogP contribution in [0.2, 0.25) is 0 Å². The topological polar surface area (TPSA) is 20.2 Å². The van der Waals surface area contributed by atoms with Crippen molar-refractivity contribution >= 4 is 0 Å². The van der Waals surface area contributed by atoms with Gasteiger partial charge in [0.25, 0.3) is 0 Å². The van der Waals surface area contributed by atoms with Crippen molar-refractivity contribution in [2.24, 2.45) is 5.92 Å². The maximum Gasteiger partial charge on any atom is 0.0650 e. The summed E-state index contributed by atoms with van der Waals surface area (Å²) in [4.78, 5) is 0. The Labute approximate surface area is 76.2 Å². The third-order valence-corrected chi connectivity index (χ3v) is 3.08. The largest absolute Gasteiger partial charge is 0.390 e. The Bertz CT molecular complexity index is 133. The Hall–Kier alpha value is -0.0400. The van der Waals surface area contributed by atoms with E-state index in [1.54, 1.807) is 0 Å². The van der Waals surface area contributed by atoms with Crippen LogP contribution >= 0.6 is 0 Å². The molecule has 1 N–H and O–H groups in total. The van der Waals surface area contributed by atoms with E-state index in [4.69, 9.17) is 0 Å². The smallest absolute Gasteiger partial charge is 0.0650 e. The molecule has 2 unspecified atom stereocenters. The molecule has 0 aromatic heterocycles. The van der Waals surface area contributed by atoms with E-state index in [-0.39, 0.29) is 5.60 Å². The van der Waals surface area contributed by atoms with E-state index in [0.29, 0.717) is 0 Å². The average Bonchev–Trinajstić information content (AvgIpc) is 2.32. The van der Waals surface area contributed by atoms with Gasteiger partial charge < -0.3 is 5.11 Å². The van der Waals surface area contributed by atoms with Gasteiger partial charge in [-0.3, -0.25) is 0 Å². The lowest BCUT2D eigenvalue weighted by atomic mass is 9.94. The molecule has 12 heavy (non-hydrogen) atoms. The molecule has 1 heteroatoms. The van der Waals surface area contributed by atoms with Crippen LogP contribution in [0.1, 0.15) is 58.8 Å². The lowest BCUT2D eigenvalue weighted by molar-refractivity contribution is 0.0328. The van der Waals surface area contributed by atoms with E-state index < -0.39 is 0 Å². The number of unbranched alkanes of at least 4 members (excludes halogenated alkanes) is 2. The predicted octanol–water partition coefficient (Wildman–Crippen LogP) is 3.12. The first-order valence-electron chi connectivity index (χ1n) is 5.39. The van der Waals surface area contributed by atoms with Crippen LogP contribution < -0.4 is 0 Å². The molecule has 1 rings (SSSR count). The standard InChI is InChI=1S/C11H22O/c1-3-4-5-7-11(12)8-6-10(2)9-11/h10,12H,3-9H2,1-2H3. The average molecular weight is 170 g/mol. The lowest BCUT2D eigenvalue weighted by Gasteiger charge is -2.22. The van der Waals surface area contributed by atoms with E-state index in [9.17, 15) is 5.11 Å². The highest BCUT2D eigenvalue weighted by Gasteiger charge is 2.34. The van der Waals surface area contributed by atoms with Gasteiger partial charge in [0.05, 0.1) is 5.60 Å². The number of aliphatic hydroxyl groups is 1. The molecule has 0 spiro atoms. The summed E-state index contributed by atoms with van der Waals surface area (Å²) in [5.41, 5.74) is -0.283. The van der Waals surface area contributed by atoms with Crippen molar-refractivity contribution in [2.75, 3.05) is 0 Å². The van der Waals surface area contributed by atoms with Crippen molar-refractivity contribution in [3.05, 3.63) is 0 Å². The molecule has 0 heterocycles. The lowest BCUT2D eigenvalue weighted by Crippen LogP contribution is -2.24. The molecule has 1 saturated carbocycles. The molecule has 1 aliphatic carbocycles. The van der Waals surface area contributed by atoms with Gasteiger partial charge in [0.15, 0.2) is 0 Å². The highest BCUT2D eigenvalue weighted by Crippen LogP contribution is 2.37. The molecule has 0 bridgehead atoms. The molecule has 0 aromatic rings. The van der Waals surface area contributed by atoms with Crippen molar-refractivity contribution in [3.8, 4) is 0 Å². The second kappa shape index (κ2) is 4.27. The van der Waals surface area contributed by atoms with E-state index in [1.165, 1.54) is 25.7 Å². The minimum atomic E-state index is -0.283. The molecule has 0 radical (unpaired) electrons. The molecule has 1 aliphatic rings. The normalized spacial score (nSPS) is 35.8. The summed E-state index contributed by atoms with van der Waals surface area (Å²) in [7, 11) is 0. The Morgan fingerprint density at radius 1 is 1.42 bits per heavy atom. The van der Waals surface area contributed by atoms with Gasteiger partial charge in [0.1, 0.15) is 0 Å². The van der Waals surface area contributed by atoms with E-state index in [2.05, 4.69) is 13.8 Å². The summed E-state index contributed by atoms with van der Waals surface area (Å²) >= 11 is 0. The van der Waals surface area contributed by atoms with Crippen LogP contribution in [-0.2, 0) is 0 Å². The molecule has 0 aliphatic heterocycles. The number of rotatable bonds is 4. The van der Waals surface area contributed by atoms with Crippen LogP contribution in [0.3, 0.4) is 0 Å². The van der Waals surface area contributed by atoms with Crippen LogP contribution in [0.25, 0.3) is 0 Å². The zero-order valence-corrected chi connectivity index (χ0v) is 8.47. The second-order valence-corrected chi connectivity index (χ2v) is 4.53. The fourth-order valence-corrected chi connectivity index (χ4v) is 2.30. The summed E-state index contributed by atoms with van der Waals surface area (Å²) in [6, 6.07) is 0. The fraction of sp³-hybridized carbons (Fsp3) is 1.00. The van der Waals surface area contributed by atoms with Crippen molar-refractivity contribution < 1.29 is 5.11 Å². The van der Waals surface area contributed by atoms with Crippen molar-refractivity contribution in [1.29, 1.82) is 0 Å². The minimum absolute atomic E-state index is 0.283. The molecular weight excluding hydrogens is 148 g/mol. The van der Waals surface area contributed by atoms with Gasteiger partial charge in [-0.2, -0.15) is 0 Å². The Kier molecular flexibility index (Phi) is 3.57. The molecule has 0 saturated heterocycles. The zero-order valence-electron chi connectivity index (χ0n) is 8.47. The van der Waals surface area contributed by atoms with E-state index in [0.717, 1.165) is 25.2 Å². The van der Waals surface area contributed by atoms with Crippen LogP contribution in [0.4, 0.5) is 0 Å². The van der Waals surface area contributed by atoms with Crippen molar-refractivity contribution in [2.45, 2.75) is 64.4 Å². The van der Waals surface area contributed by atoms with Gasteiger partial charge in [-0.25, -0.2) is 0 Å². The Morgan fingerprint density at radius 2 is 2.17 bits per heavy atom. The van der Waals surface area contributed by atoms with Crippen molar-refractivity contribution in [3.63, 3.8) is 0 Å². The van der Waals surface area contributed by atoms with Crippen LogP contribution in [-0.4, -0.2) is 10.7 Å². The highest BCUT2D eigenvalue weighted by atomic mass is 16.3. The van der Waals surface area contributed by atoms with Gasteiger partial charge in [-0.1, -0.05) is 33.1 Å². The zero-order chi connectivity index (χ0) is 9.03. The third kappa shape index (κ3) is 2.78. The van der Waals surface area contributed by atoms with Crippen LogP contribution in [0.15, 0.2) is 0 Å². The van der Waals surface area contributed by atoms with Crippen LogP contribution in [0.5, 0.6) is 0 Å². The second-order valence-electron chi connectivity index (χ2n) is 4.53. The molecule has 2 atom stereocenters. The number of hydrogen-bond acceptors (Lipinski definition) is 1.